The highest BCUT2D eigenvalue weighted by atomic mass is 16.5. The van der Waals surface area contributed by atoms with Gasteiger partial charge in [-0.25, -0.2) is 0 Å². The molecule has 0 aliphatic carbocycles. The topological polar surface area (TPSA) is 95.9 Å². The monoisotopic (exact) mass is 928 g/mol. The van der Waals surface area contributed by atoms with Crippen molar-refractivity contribution in [2.24, 2.45) is 0 Å². The second-order valence-electron chi connectivity index (χ2n) is 20.0. The van der Waals surface area contributed by atoms with Gasteiger partial charge >= 0.3 is 5.97 Å². The fraction of sp³-hybridized carbons (Fsp3) is 0.867. The number of hydrogen-bond acceptors (Lipinski definition) is 5. The van der Waals surface area contributed by atoms with Crippen LogP contribution in [0.3, 0.4) is 0 Å². The molecular formula is C60H113NO5. The number of unbranched alkanes of at least 4 members (excludes halogenated alkanes) is 39. The van der Waals surface area contributed by atoms with Crippen molar-refractivity contribution >= 4 is 11.9 Å². The zero-order valence-electron chi connectivity index (χ0n) is 44.2. The standard InChI is InChI=1S/C60H113NO5/c1-3-5-7-9-11-13-15-16-17-18-19-20-21-23-26-29-33-36-40-44-48-52-58(63)57(56-62)61-59(64)53-49-45-41-37-34-30-27-24-22-25-28-31-35-39-43-47-51-55-66-60(65)54-50-46-42-38-32-14-12-10-8-6-4-2/h22,25,31,35,48,52,57-58,62-63H,3-21,23-24,26-30,32-34,36-47,49-51,53-56H2,1-2H3,(H,61,64)/b25-22-,35-31-,52-48+. The number of amides is 1. The van der Waals surface area contributed by atoms with E-state index >= 15 is 0 Å². The maximum Gasteiger partial charge on any atom is 0.305 e. The molecule has 388 valence electrons. The largest absolute Gasteiger partial charge is 0.466 e. The number of allylic oxidation sites excluding steroid dienone is 5. The van der Waals surface area contributed by atoms with Crippen LogP contribution in [0.15, 0.2) is 36.5 Å². The molecule has 6 nitrogen and oxygen atoms in total. The first kappa shape index (κ1) is 64.1. The van der Waals surface area contributed by atoms with Gasteiger partial charge in [-0.05, 0) is 70.6 Å². The molecule has 0 spiro atoms. The van der Waals surface area contributed by atoms with Crippen molar-refractivity contribution in [2.45, 2.75) is 321 Å². The van der Waals surface area contributed by atoms with Crippen molar-refractivity contribution in [3.63, 3.8) is 0 Å². The van der Waals surface area contributed by atoms with Crippen LogP contribution in [-0.2, 0) is 14.3 Å². The van der Waals surface area contributed by atoms with E-state index in [1.165, 1.54) is 199 Å². The number of esters is 1. The van der Waals surface area contributed by atoms with Crippen LogP contribution >= 0.6 is 0 Å². The molecule has 2 unspecified atom stereocenters. The zero-order chi connectivity index (χ0) is 47.9. The maximum atomic E-state index is 12.5. The van der Waals surface area contributed by atoms with E-state index in [-0.39, 0.29) is 18.5 Å². The number of nitrogens with one attached hydrogen (secondary N) is 1. The van der Waals surface area contributed by atoms with Gasteiger partial charge in [-0.1, -0.05) is 262 Å². The molecule has 0 bridgehead atoms. The Morgan fingerprint density at radius 3 is 1.15 bits per heavy atom. The highest BCUT2D eigenvalue weighted by Gasteiger charge is 2.18. The summed E-state index contributed by atoms with van der Waals surface area (Å²) in [5.74, 6) is -0.0988. The molecule has 0 heterocycles. The van der Waals surface area contributed by atoms with Crippen molar-refractivity contribution in [2.75, 3.05) is 13.2 Å². The first-order valence-electron chi connectivity index (χ1n) is 29.3. The van der Waals surface area contributed by atoms with E-state index < -0.39 is 12.1 Å². The molecule has 0 saturated heterocycles. The molecule has 0 aliphatic rings. The van der Waals surface area contributed by atoms with Crippen molar-refractivity contribution in [1.82, 2.24) is 5.32 Å². The Kier molecular flexibility index (Phi) is 54.1. The third-order valence-corrected chi connectivity index (χ3v) is 13.4. The Balaban J connectivity index is 3.54. The van der Waals surface area contributed by atoms with E-state index in [9.17, 15) is 19.8 Å². The molecule has 0 aromatic heterocycles. The van der Waals surface area contributed by atoms with Gasteiger partial charge in [0, 0.05) is 12.8 Å². The van der Waals surface area contributed by atoms with Crippen LogP contribution in [0, 0.1) is 0 Å². The molecule has 6 heteroatoms. The first-order valence-corrected chi connectivity index (χ1v) is 29.3. The Morgan fingerprint density at radius 2 is 0.758 bits per heavy atom. The molecule has 0 saturated carbocycles. The average molecular weight is 929 g/mol. The minimum atomic E-state index is -0.856. The van der Waals surface area contributed by atoms with Crippen LogP contribution in [-0.4, -0.2) is 47.4 Å². The minimum absolute atomic E-state index is 0.0167. The van der Waals surface area contributed by atoms with E-state index in [1.54, 1.807) is 6.08 Å². The fourth-order valence-corrected chi connectivity index (χ4v) is 8.90. The maximum absolute atomic E-state index is 12.5. The number of aliphatic hydroxyl groups is 2. The van der Waals surface area contributed by atoms with Crippen molar-refractivity contribution in [3.05, 3.63) is 36.5 Å². The summed E-state index contributed by atoms with van der Waals surface area (Å²) in [5, 5.41) is 23.2. The molecule has 1 amide bonds. The minimum Gasteiger partial charge on any atom is -0.466 e. The molecule has 0 radical (unpaired) electrons. The summed E-state index contributed by atoms with van der Waals surface area (Å²) in [6, 6.07) is -0.641. The number of ether oxygens (including phenoxy) is 1. The van der Waals surface area contributed by atoms with Crippen molar-refractivity contribution in [1.29, 1.82) is 0 Å². The molecule has 0 aromatic rings. The van der Waals surface area contributed by atoms with Crippen LogP contribution in [0.5, 0.6) is 0 Å². The molecule has 0 aliphatic heterocycles. The summed E-state index contributed by atoms with van der Waals surface area (Å²) in [7, 11) is 0. The van der Waals surface area contributed by atoms with Crippen molar-refractivity contribution in [3.8, 4) is 0 Å². The van der Waals surface area contributed by atoms with Crippen LogP contribution in [0.25, 0.3) is 0 Å². The average Bonchev–Trinajstić information content (AvgIpc) is 3.32. The van der Waals surface area contributed by atoms with E-state index in [1.807, 2.05) is 6.08 Å². The third kappa shape index (κ3) is 51.5. The molecule has 0 aromatic carbocycles. The molecule has 66 heavy (non-hydrogen) atoms. The summed E-state index contributed by atoms with van der Waals surface area (Å²) >= 11 is 0. The van der Waals surface area contributed by atoms with Gasteiger partial charge in [0.1, 0.15) is 0 Å². The Hall–Kier alpha value is -1.92. The number of carbonyl (C=O) groups excluding carboxylic acids is 2. The Bertz CT molecular complexity index is 1070. The van der Waals surface area contributed by atoms with Gasteiger partial charge in [0.25, 0.3) is 0 Å². The molecular weight excluding hydrogens is 815 g/mol. The van der Waals surface area contributed by atoms with E-state index in [2.05, 4.69) is 43.5 Å². The number of aliphatic hydroxyl groups excluding tert-OH is 2. The molecule has 3 N–H and O–H groups in total. The predicted molar refractivity (Wildman–Crippen MR) is 287 cm³/mol. The molecule has 2 atom stereocenters. The predicted octanol–water partition coefficient (Wildman–Crippen LogP) is 18.0. The lowest BCUT2D eigenvalue weighted by Crippen LogP contribution is -2.45. The van der Waals surface area contributed by atoms with Gasteiger partial charge in [-0.15, -0.1) is 0 Å². The number of hydrogen-bond donors (Lipinski definition) is 3. The first-order chi connectivity index (χ1) is 32.5. The van der Waals surface area contributed by atoms with Gasteiger partial charge in [0.05, 0.1) is 25.4 Å². The van der Waals surface area contributed by atoms with E-state index in [0.717, 1.165) is 83.5 Å². The normalized spacial score (nSPS) is 12.8. The smallest absolute Gasteiger partial charge is 0.305 e. The van der Waals surface area contributed by atoms with Crippen molar-refractivity contribution < 1.29 is 24.5 Å². The third-order valence-electron chi connectivity index (χ3n) is 13.4. The second kappa shape index (κ2) is 55.7. The van der Waals surface area contributed by atoms with Crippen LogP contribution in [0.1, 0.15) is 309 Å². The SMILES string of the molecule is CCCCCCCCCCCCCCCCCCCCC/C=C/C(O)C(CO)NC(=O)CCCCCCCCC/C=C\C/C=C\CCCCCOC(=O)CCCCCCCCCCCCC. The van der Waals surface area contributed by atoms with Gasteiger partial charge in [-0.2, -0.15) is 0 Å². The van der Waals surface area contributed by atoms with Crippen LogP contribution < -0.4 is 5.32 Å². The Morgan fingerprint density at radius 1 is 0.424 bits per heavy atom. The Labute approximate surface area is 411 Å². The van der Waals surface area contributed by atoms with E-state index in [0.29, 0.717) is 19.4 Å². The van der Waals surface area contributed by atoms with Gasteiger partial charge in [-0.3, -0.25) is 9.59 Å². The number of carbonyl (C=O) groups is 2. The summed E-state index contributed by atoms with van der Waals surface area (Å²) in [6.07, 6.45) is 68.8. The van der Waals surface area contributed by atoms with Crippen LogP contribution in [0.4, 0.5) is 0 Å². The zero-order valence-corrected chi connectivity index (χ0v) is 44.2. The fourth-order valence-electron chi connectivity index (χ4n) is 8.90. The van der Waals surface area contributed by atoms with E-state index in [4.69, 9.17) is 4.74 Å². The van der Waals surface area contributed by atoms with Crippen LogP contribution in [0.2, 0.25) is 0 Å². The molecule has 0 fully saturated rings. The lowest BCUT2D eigenvalue weighted by molar-refractivity contribution is -0.143. The lowest BCUT2D eigenvalue weighted by Gasteiger charge is -2.20. The summed E-state index contributed by atoms with van der Waals surface area (Å²) in [4.78, 5) is 24.5. The molecule has 0 rings (SSSR count). The second-order valence-corrected chi connectivity index (χ2v) is 20.0. The highest BCUT2D eigenvalue weighted by molar-refractivity contribution is 5.76. The summed E-state index contributed by atoms with van der Waals surface area (Å²) < 4.78 is 5.43. The van der Waals surface area contributed by atoms with Gasteiger partial charge < -0.3 is 20.3 Å². The van der Waals surface area contributed by atoms with Gasteiger partial charge in [0.2, 0.25) is 5.91 Å². The lowest BCUT2D eigenvalue weighted by atomic mass is 10.0. The highest BCUT2D eigenvalue weighted by Crippen LogP contribution is 2.17. The summed E-state index contributed by atoms with van der Waals surface area (Å²) in [5.41, 5.74) is 0. The van der Waals surface area contributed by atoms with Gasteiger partial charge in [0.15, 0.2) is 0 Å². The summed E-state index contributed by atoms with van der Waals surface area (Å²) in [6.45, 7) is 4.87. The quantitative estimate of drug-likeness (QED) is 0.0321. The number of rotatable bonds is 54.